The van der Waals surface area contributed by atoms with Gasteiger partial charge in [0.05, 0.1) is 0 Å². The third kappa shape index (κ3) is 2.56. The first-order chi connectivity index (χ1) is 7.31. The summed E-state index contributed by atoms with van der Waals surface area (Å²) in [5.74, 6) is 1.86. The summed E-state index contributed by atoms with van der Waals surface area (Å²) in [5, 5.41) is 0. The van der Waals surface area contributed by atoms with Gasteiger partial charge in [0.2, 0.25) is 0 Å². The van der Waals surface area contributed by atoms with Gasteiger partial charge in [-0.25, -0.2) is 0 Å². The molecule has 0 saturated heterocycles. The van der Waals surface area contributed by atoms with E-state index >= 15 is 0 Å². The number of nitrogens with two attached hydrogens (primary N) is 1. The van der Waals surface area contributed by atoms with Crippen molar-refractivity contribution in [2.45, 2.75) is 37.1 Å². The number of benzene rings is 1. The molecule has 1 aliphatic rings. The van der Waals surface area contributed by atoms with Crippen LogP contribution in [0.25, 0.3) is 0 Å². The van der Waals surface area contributed by atoms with E-state index in [0.29, 0.717) is 0 Å². The first kappa shape index (κ1) is 11.0. The highest BCUT2D eigenvalue weighted by atomic mass is 32.2. The van der Waals surface area contributed by atoms with Crippen molar-refractivity contribution < 1.29 is 0 Å². The monoisotopic (exact) mass is 221 g/mol. The maximum Gasteiger partial charge on any atom is 0.0323 e. The minimum absolute atomic E-state index is 0.263. The molecule has 1 aromatic carbocycles. The smallest absolute Gasteiger partial charge is 0.0323 e. The lowest BCUT2D eigenvalue weighted by molar-refractivity contribution is 0.264. The molecule has 82 valence electrons. The van der Waals surface area contributed by atoms with Gasteiger partial charge in [0.15, 0.2) is 0 Å². The van der Waals surface area contributed by atoms with Crippen molar-refractivity contribution in [3.8, 4) is 0 Å². The van der Waals surface area contributed by atoms with E-state index in [1.54, 1.807) is 0 Å². The highest BCUT2D eigenvalue weighted by molar-refractivity contribution is 7.99. The van der Waals surface area contributed by atoms with Crippen LogP contribution in [-0.2, 0) is 0 Å². The van der Waals surface area contributed by atoms with Crippen LogP contribution in [0.15, 0.2) is 29.2 Å². The fourth-order valence-corrected chi connectivity index (χ4v) is 2.69. The fraction of sp³-hybridized carbons (Fsp3) is 0.538. The number of hydrogen-bond acceptors (Lipinski definition) is 2. The average Bonchev–Trinajstić information content (AvgIpc) is 2.16. The molecular weight excluding hydrogens is 202 g/mol. The molecule has 1 saturated carbocycles. The van der Waals surface area contributed by atoms with E-state index in [9.17, 15) is 0 Å². The summed E-state index contributed by atoms with van der Waals surface area (Å²) >= 11 is 1.88. The Labute approximate surface area is 96.4 Å². The Bertz CT molecular complexity index is 303. The summed E-state index contributed by atoms with van der Waals surface area (Å²) < 4.78 is 0. The van der Waals surface area contributed by atoms with Gasteiger partial charge in [0.25, 0.3) is 0 Å². The minimum atomic E-state index is 0.263. The van der Waals surface area contributed by atoms with Gasteiger partial charge < -0.3 is 5.73 Å². The molecule has 0 unspecified atom stereocenters. The third-order valence-corrected chi connectivity index (χ3v) is 4.13. The van der Waals surface area contributed by atoms with E-state index < -0.39 is 0 Å². The van der Waals surface area contributed by atoms with Crippen LogP contribution in [0, 0.1) is 5.92 Å². The lowest BCUT2D eigenvalue weighted by Gasteiger charge is -2.31. The van der Waals surface area contributed by atoms with Gasteiger partial charge in [0.1, 0.15) is 0 Å². The van der Waals surface area contributed by atoms with Gasteiger partial charge in [-0.05, 0) is 42.2 Å². The Morgan fingerprint density at radius 2 is 2.00 bits per heavy atom. The van der Waals surface area contributed by atoms with Crippen LogP contribution in [0.3, 0.4) is 0 Å². The second-order valence-corrected chi connectivity index (χ2v) is 5.56. The molecule has 0 aromatic heterocycles. The Balaban J connectivity index is 2.02. The number of rotatable bonds is 4. The van der Waals surface area contributed by atoms with Crippen LogP contribution in [0.5, 0.6) is 0 Å². The van der Waals surface area contributed by atoms with Crippen LogP contribution in [0.2, 0.25) is 0 Å². The fourth-order valence-electron chi connectivity index (χ4n) is 2.02. The van der Waals surface area contributed by atoms with Crippen LogP contribution in [0.1, 0.15) is 37.8 Å². The molecule has 2 rings (SSSR count). The molecule has 2 N–H and O–H groups in total. The second-order valence-electron chi connectivity index (χ2n) is 4.22. The average molecular weight is 221 g/mol. The zero-order valence-corrected chi connectivity index (χ0v) is 10.1. The van der Waals surface area contributed by atoms with Gasteiger partial charge in [-0.1, -0.05) is 25.5 Å². The van der Waals surface area contributed by atoms with Crippen molar-refractivity contribution in [3.63, 3.8) is 0 Å². The first-order valence-corrected chi connectivity index (χ1v) is 6.78. The summed E-state index contributed by atoms with van der Waals surface area (Å²) in [7, 11) is 0. The van der Waals surface area contributed by atoms with Gasteiger partial charge in [-0.3, -0.25) is 0 Å². The highest BCUT2D eigenvalue weighted by Crippen LogP contribution is 2.36. The largest absolute Gasteiger partial charge is 0.324 e. The topological polar surface area (TPSA) is 26.0 Å². The zero-order chi connectivity index (χ0) is 10.7. The summed E-state index contributed by atoms with van der Waals surface area (Å²) in [4.78, 5) is 1.35. The van der Waals surface area contributed by atoms with E-state index in [-0.39, 0.29) is 6.04 Å². The number of hydrogen-bond donors (Lipinski definition) is 1. The molecule has 0 aliphatic heterocycles. The van der Waals surface area contributed by atoms with Crippen LogP contribution in [-0.4, -0.2) is 5.75 Å². The molecule has 1 aliphatic carbocycles. The molecule has 1 aromatic rings. The van der Waals surface area contributed by atoms with Gasteiger partial charge in [0, 0.05) is 10.9 Å². The predicted octanol–water partition coefficient (Wildman–Crippen LogP) is 3.60. The Kier molecular flexibility index (Phi) is 3.71. The van der Waals surface area contributed by atoms with Crippen molar-refractivity contribution in [3.05, 3.63) is 29.8 Å². The third-order valence-electron chi connectivity index (χ3n) is 3.23. The summed E-state index contributed by atoms with van der Waals surface area (Å²) in [6.07, 6.45) is 3.99. The molecule has 0 radical (unpaired) electrons. The number of thioether (sulfide) groups is 1. The molecular formula is C13H19NS. The van der Waals surface area contributed by atoms with E-state index in [1.165, 1.54) is 29.7 Å². The van der Waals surface area contributed by atoms with Crippen LogP contribution < -0.4 is 5.73 Å². The van der Waals surface area contributed by atoms with Gasteiger partial charge >= 0.3 is 0 Å². The van der Waals surface area contributed by atoms with Crippen molar-refractivity contribution >= 4 is 11.8 Å². The van der Waals surface area contributed by atoms with Crippen molar-refractivity contribution in [1.82, 2.24) is 0 Å². The Morgan fingerprint density at radius 1 is 1.33 bits per heavy atom. The van der Waals surface area contributed by atoms with E-state index in [1.807, 2.05) is 11.8 Å². The Hall–Kier alpha value is -0.470. The molecule has 1 atom stereocenters. The molecule has 0 spiro atoms. The minimum Gasteiger partial charge on any atom is -0.324 e. The van der Waals surface area contributed by atoms with Gasteiger partial charge in [-0.15, -0.1) is 11.8 Å². The standard InChI is InChI=1S/C13H19NS/c1-2-15-12-8-6-11(7-9-12)13(14)10-4-3-5-10/h6-10,13H,2-5,14H2,1H3/t13-/m0/s1. The van der Waals surface area contributed by atoms with Crippen LogP contribution in [0.4, 0.5) is 0 Å². The van der Waals surface area contributed by atoms with Crippen molar-refractivity contribution in [2.24, 2.45) is 11.7 Å². The molecule has 1 fully saturated rings. The van der Waals surface area contributed by atoms with E-state index in [0.717, 1.165) is 11.7 Å². The second kappa shape index (κ2) is 5.04. The maximum atomic E-state index is 6.22. The van der Waals surface area contributed by atoms with E-state index in [4.69, 9.17) is 5.73 Å². The van der Waals surface area contributed by atoms with Gasteiger partial charge in [-0.2, -0.15) is 0 Å². The summed E-state index contributed by atoms with van der Waals surface area (Å²) in [6, 6.07) is 9.05. The normalized spacial score (nSPS) is 18.5. The molecule has 2 heteroatoms. The quantitative estimate of drug-likeness (QED) is 0.786. The predicted molar refractivity (Wildman–Crippen MR) is 67.1 cm³/mol. The SMILES string of the molecule is CCSc1ccc([C@@H](N)C2CCC2)cc1. The first-order valence-electron chi connectivity index (χ1n) is 5.79. The van der Waals surface area contributed by atoms with Crippen LogP contribution >= 0.6 is 11.8 Å². The lowest BCUT2D eigenvalue weighted by Crippen LogP contribution is -2.26. The Morgan fingerprint density at radius 3 is 2.47 bits per heavy atom. The molecule has 15 heavy (non-hydrogen) atoms. The molecule has 1 nitrogen and oxygen atoms in total. The van der Waals surface area contributed by atoms with Crippen molar-refractivity contribution in [2.75, 3.05) is 5.75 Å². The maximum absolute atomic E-state index is 6.22. The molecule has 0 amide bonds. The lowest BCUT2D eigenvalue weighted by atomic mass is 9.78. The summed E-state index contributed by atoms with van der Waals surface area (Å²) in [5.41, 5.74) is 7.52. The molecule has 0 bridgehead atoms. The van der Waals surface area contributed by atoms with E-state index in [2.05, 4.69) is 31.2 Å². The zero-order valence-electron chi connectivity index (χ0n) is 9.28. The van der Waals surface area contributed by atoms with Crippen molar-refractivity contribution in [1.29, 1.82) is 0 Å². The summed E-state index contributed by atoms with van der Waals surface area (Å²) in [6.45, 7) is 2.18. The highest BCUT2D eigenvalue weighted by Gasteiger charge is 2.25. The molecule has 0 heterocycles.